The molecule has 0 spiro atoms. The fourth-order valence-electron chi connectivity index (χ4n) is 0.260. The van der Waals surface area contributed by atoms with Crippen LogP contribution < -0.4 is 5.32 Å². The normalized spacial score (nSPS) is 9.50. The summed E-state index contributed by atoms with van der Waals surface area (Å²) in [4.78, 5) is 19.9. The zero-order chi connectivity index (χ0) is 8.15. The van der Waals surface area contributed by atoms with E-state index in [0.717, 1.165) is 0 Å². The van der Waals surface area contributed by atoms with Crippen molar-refractivity contribution in [1.82, 2.24) is 5.32 Å². The molecule has 0 heterocycles. The second-order valence-electron chi connectivity index (χ2n) is 1.50. The number of carboxylic acid groups (broad SMARTS) is 1. The number of aliphatic carboxylic acids is 1. The summed E-state index contributed by atoms with van der Waals surface area (Å²) >= 11 is 0. The molecule has 0 aromatic carbocycles. The Morgan fingerprint density at radius 1 is 1.40 bits per heavy atom. The molecule has 4 N–H and O–H groups in total. The van der Waals surface area contributed by atoms with Crippen LogP contribution in [0.3, 0.4) is 0 Å². The first-order valence-electron chi connectivity index (χ1n) is 2.41. The molecule has 6 heteroatoms. The molecule has 0 aromatic rings. The molecule has 0 atom stereocenters. The summed E-state index contributed by atoms with van der Waals surface area (Å²) in [6, 6.07) is 0. The number of carbonyl (C=O) groups excluding carboxylic acids is 1. The van der Waals surface area contributed by atoms with Crippen molar-refractivity contribution in [1.29, 1.82) is 0 Å². The standard InChI is InChI=1S/C4H7NO5/c6-2(7)1-5-3(8)4(9)10/h2,6-7H,1H2,(H,5,8)(H,9,10). The van der Waals surface area contributed by atoms with E-state index in [1.165, 1.54) is 0 Å². The van der Waals surface area contributed by atoms with Gasteiger partial charge in [0.25, 0.3) is 0 Å². The van der Waals surface area contributed by atoms with Crippen molar-refractivity contribution in [2.75, 3.05) is 6.54 Å². The molecule has 0 bridgehead atoms. The van der Waals surface area contributed by atoms with E-state index in [9.17, 15) is 9.59 Å². The van der Waals surface area contributed by atoms with Gasteiger partial charge in [-0.15, -0.1) is 0 Å². The second-order valence-corrected chi connectivity index (χ2v) is 1.50. The molecule has 0 aliphatic carbocycles. The fourth-order valence-corrected chi connectivity index (χ4v) is 0.260. The number of aliphatic hydroxyl groups is 2. The van der Waals surface area contributed by atoms with Crippen molar-refractivity contribution in [3.8, 4) is 0 Å². The molecular weight excluding hydrogens is 142 g/mol. The third-order valence-corrected chi connectivity index (χ3v) is 0.639. The number of hydrogen-bond donors (Lipinski definition) is 4. The van der Waals surface area contributed by atoms with Crippen molar-refractivity contribution >= 4 is 11.9 Å². The lowest BCUT2D eigenvalue weighted by molar-refractivity contribution is -0.151. The van der Waals surface area contributed by atoms with Gasteiger partial charge in [0.1, 0.15) is 0 Å². The summed E-state index contributed by atoms with van der Waals surface area (Å²) in [5.74, 6) is -2.91. The number of aliphatic hydroxyl groups excluding tert-OH is 1. The molecule has 0 radical (unpaired) electrons. The fraction of sp³-hybridized carbons (Fsp3) is 0.500. The van der Waals surface area contributed by atoms with Crippen molar-refractivity contribution in [2.45, 2.75) is 6.29 Å². The zero-order valence-electron chi connectivity index (χ0n) is 4.94. The number of hydrogen-bond acceptors (Lipinski definition) is 4. The molecule has 10 heavy (non-hydrogen) atoms. The number of amides is 1. The first kappa shape index (κ1) is 8.86. The van der Waals surface area contributed by atoms with Gasteiger partial charge in [-0.3, -0.25) is 4.79 Å². The van der Waals surface area contributed by atoms with Crippen LogP contribution in [0, 0.1) is 0 Å². The van der Waals surface area contributed by atoms with Crippen LogP contribution in [-0.2, 0) is 9.59 Å². The lowest BCUT2D eigenvalue weighted by Crippen LogP contribution is -2.36. The van der Waals surface area contributed by atoms with E-state index in [-0.39, 0.29) is 0 Å². The molecule has 0 fully saturated rings. The van der Waals surface area contributed by atoms with Gasteiger partial charge < -0.3 is 20.6 Å². The van der Waals surface area contributed by atoms with Crippen LogP contribution >= 0.6 is 0 Å². The maximum absolute atomic E-state index is 10.1. The number of nitrogens with one attached hydrogen (secondary N) is 1. The minimum Gasteiger partial charge on any atom is -0.474 e. The van der Waals surface area contributed by atoms with Crippen molar-refractivity contribution < 1.29 is 24.9 Å². The zero-order valence-corrected chi connectivity index (χ0v) is 4.94. The van der Waals surface area contributed by atoms with Crippen molar-refractivity contribution in [3.05, 3.63) is 0 Å². The largest absolute Gasteiger partial charge is 0.474 e. The van der Waals surface area contributed by atoms with E-state index in [0.29, 0.717) is 0 Å². The highest BCUT2D eigenvalue weighted by Crippen LogP contribution is 1.70. The van der Waals surface area contributed by atoms with Crippen LogP contribution in [0.4, 0.5) is 0 Å². The Bertz CT molecular complexity index is 143. The predicted molar refractivity (Wildman–Crippen MR) is 28.9 cm³/mol. The average Bonchev–Trinajstić information content (AvgIpc) is 1.82. The molecule has 0 aliphatic heterocycles. The summed E-state index contributed by atoms with van der Waals surface area (Å²) in [6.07, 6.45) is -1.72. The molecule has 0 saturated carbocycles. The Balaban J connectivity index is 3.50. The Morgan fingerprint density at radius 2 is 1.90 bits per heavy atom. The van der Waals surface area contributed by atoms with E-state index >= 15 is 0 Å². The van der Waals surface area contributed by atoms with Gasteiger partial charge >= 0.3 is 11.9 Å². The highest BCUT2D eigenvalue weighted by atomic mass is 16.5. The third kappa shape index (κ3) is 3.81. The monoisotopic (exact) mass is 149 g/mol. The van der Waals surface area contributed by atoms with Gasteiger partial charge in [-0.2, -0.15) is 0 Å². The Kier molecular flexibility index (Phi) is 3.37. The molecule has 0 aromatic heterocycles. The molecule has 0 rings (SSSR count). The first-order chi connectivity index (χ1) is 4.54. The SMILES string of the molecule is O=C(O)C(=O)NCC(O)O. The van der Waals surface area contributed by atoms with Gasteiger partial charge in [-0.25, -0.2) is 4.79 Å². The third-order valence-electron chi connectivity index (χ3n) is 0.639. The van der Waals surface area contributed by atoms with Gasteiger partial charge in [0.05, 0.1) is 6.54 Å². The first-order valence-corrected chi connectivity index (χ1v) is 2.41. The molecule has 58 valence electrons. The number of carbonyl (C=O) groups is 2. The Labute approximate surface area is 56.1 Å². The lowest BCUT2D eigenvalue weighted by atomic mass is 10.5. The van der Waals surface area contributed by atoms with E-state index in [1.807, 2.05) is 0 Å². The summed E-state index contributed by atoms with van der Waals surface area (Å²) < 4.78 is 0. The van der Waals surface area contributed by atoms with E-state index in [2.05, 4.69) is 0 Å². The van der Waals surface area contributed by atoms with E-state index < -0.39 is 24.7 Å². The predicted octanol–water partition coefficient (Wildman–Crippen LogP) is -2.50. The van der Waals surface area contributed by atoms with Gasteiger partial charge in [-0.05, 0) is 0 Å². The molecule has 0 aliphatic rings. The summed E-state index contributed by atoms with van der Waals surface area (Å²) in [7, 11) is 0. The second kappa shape index (κ2) is 3.80. The quantitative estimate of drug-likeness (QED) is 0.256. The number of carboxylic acids is 1. The highest BCUT2D eigenvalue weighted by molar-refractivity contribution is 6.31. The number of rotatable bonds is 2. The summed E-state index contributed by atoms with van der Waals surface area (Å²) in [6.45, 7) is -0.481. The maximum Gasteiger partial charge on any atom is 0.394 e. The van der Waals surface area contributed by atoms with E-state index in [1.54, 1.807) is 5.32 Å². The van der Waals surface area contributed by atoms with Crippen LogP contribution in [-0.4, -0.2) is 40.0 Å². The maximum atomic E-state index is 10.1. The van der Waals surface area contributed by atoms with Gasteiger partial charge in [0, 0.05) is 0 Å². The molecule has 0 saturated heterocycles. The minimum absolute atomic E-state index is 0.481. The molecular formula is C4H7NO5. The highest BCUT2D eigenvalue weighted by Gasteiger charge is 2.10. The summed E-state index contributed by atoms with van der Waals surface area (Å²) in [5, 5.41) is 25.9. The van der Waals surface area contributed by atoms with Gasteiger partial charge in [0.2, 0.25) is 0 Å². The van der Waals surface area contributed by atoms with Crippen LogP contribution in [0.5, 0.6) is 0 Å². The molecule has 6 nitrogen and oxygen atoms in total. The van der Waals surface area contributed by atoms with Crippen LogP contribution in [0.2, 0.25) is 0 Å². The van der Waals surface area contributed by atoms with Crippen molar-refractivity contribution in [2.24, 2.45) is 0 Å². The van der Waals surface area contributed by atoms with Crippen LogP contribution in [0.25, 0.3) is 0 Å². The smallest absolute Gasteiger partial charge is 0.394 e. The average molecular weight is 149 g/mol. The lowest BCUT2D eigenvalue weighted by Gasteiger charge is -2.01. The van der Waals surface area contributed by atoms with Gasteiger partial charge in [-0.1, -0.05) is 0 Å². The minimum atomic E-state index is -1.72. The van der Waals surface area contributed by atoms with Crippen LogP contribution in [0.15, 0.2) is 0 Å². The summed E-state index contributed by atoms with van der Waals surface area (Å²) in [5.41, 5.74) is 0. The molecule has 0 unspecified atom stereocenters. The van der Waals surface area contributed by atoms with Crippen LogP contribution in [0.1, 0.15) is 0 Å². The van der Waals surface area contributed by atoms with Gasteiger partial charge in [0.15, 0.2) is 6.29 Å². The molecule has 1 amide bonds. The van der Waals surface area contributed by atoms with E-state index in [4.69, 9.17) is 15.3 Å². The van der Waals surface area contributed by atoms with Crippen molar-refractivity contribution in [3.63, 3.8) is 0 Å². The Morgan fingerprint density at radius 3 is 2.20 bits per heavy atom. The topological polar surface area (TPSA) is 107 Å². The Hall–Kier alpha value is -1.14.